The molecule has 3 rings (SSSR count). The van der Waals surface area contributed by atoms with Crippen molar-refractivity contribution >= 4 is 32.6 Å². The van der Waals surface area contributed by atoms with E-state index in [2.05, 4.69) is 10.0 Å². The van der Waals surface area contributed by atoms with Gasteiger partial charge in [-0.1, -0.05) is 0 Å². The van der Waals surface area contributed by atoms with Gasteiger partial charge in [0, 0.05) is 29.1 Å². The minimum atomic E-state index is -3.29. The van der Waals surface area contributed by atoms with Crippen LogP contribution in [0.2, 0.25) is 0 Å². The quantitative estimate of drug-likeness (QED) is 0.743. The van der Waals surface area contributed by atoms with Gasteiger partial charge in [-0.2, -0.15) is 0 Å². The second kappa shape index (κ2) is 8.05. The van der Waals surface area contributed by atoms with Crippen LogP contribution in [0.1, 0.15) is 45.1 Å². The Labute approximate surface area is 164 Å². The predicted octanol–water partition coefficient (Wildman–Crippen LogP) is 2.93. The topological polar surface area (TPSA) is 105 Å². The summed E-state index contributed by atoms with van der Waals surface area (Å²) in [6.45, 7) is 5.13. The van der Waals surface area contributed by atoms with Crippen molar-refractivity contribution < 1.29 is 17.6 Å². The van der Waals surface area contributed by atoms with Gasteiger partial charge in [0.05, 0.1) is 5.25 Å². The number of anilines is 1. The summed E-state index contributed by atoms with van der Waals surface area (Å²) in [7, 11) is -3.29. The zero-order valence-electron chi connectivity index (χ0n) is 16.3. The molecule has 0 radical (unpaired) electrons. The summed E-state index contributed by atoms with van der Waals surface area (Å²) in [5.74, 6) is -0.217. The van der Waals surface area contributed by atoms with Crippen molar-refractivity contribution in [3.63, 3.8) is 0 Å². The molecule has 0 atom stereocenters. The van der Waals surface area contributed by atoms with Crippen molar-refractivity contribution in [2.75, 3.05) is 5.32 Å². The van der Waals surface area contributed by atoms with Gasteiger partial charge in [-0.25, -0.2) is 17.9 Å². The lowest BCUT2D eigenvalue weighted by atomic mass is 9.86. The number of carbonyl (C=O) groups excluding carboxylic acids is 1. The van der Waals surface area contributed by atoms with Crippen LogP contribution in [0.4, 0.5) is 5.69 Å². The molecule has 1 heterocycles. The van der Waals surface area contributed by atoms with Crippen molar-refractivity contribution in [3.8, 4) is 0 Å². The van der Waals surface area contributed by atoms with Crippen molar-refractivity contribution in [3.05, 3.63) is 40.2 Å². The Morgan fingerprint density at radius 2 is 1.82 bits per heavy atom. The Kier molecular flexibility index (Phi) is 5.90. The van der Waals surface area contributed by atoms with Crippen LogP contribution in [0, 0.1) is 12.8 Å². The number of sulfonamides is 1. The van der Waals surface area contributed by atoms with E-state index < -0.39 is 20.9 Å². The molecule has 0 saturated heterocycles. The van der Waals surface area contributed by atoms with E-state index in [0.717, 1.165) is 10.9 Å². The largest absolute Gasteiger partial charge is 0.422 e. The van der Waals surface area contributed by atoms with Crippen LogP contribution in [0.5, 0.6) is 0 Å². The van der Waals surface area contributed by atoms with Crippen molar-refractivity contribution in [2.24, 2.45) is 5.92 Å². The highest BCUT2D eigenvalue weighted by atomic mass is 32.2. The summed E-state index contributed by atoms with van der Waals surface area (Å²) < 4.78 is 31.9. The molecule has 28 heavy (non-hydrogen) atoms. The average Bonchev–Trinajstić information content (AvgIpc) is 2.62. The third kappa shape index (κ3) is 4.62. The molecule has 1 amide bonds. The zero-order valence-corrected chi connectivity index (χ0v) is 17.1. The van der Waals surface area contributed by atoms with Gasteiger partial charge in [0.1, 0.15) is 5.58 Å². The predicted molar refractivity (Wildman–Crippen MR) is 109 cm³/mol. The van der Waals surface area contributed by atoms with E-state index >= 15 is 0 Å². The number of nitrogens with one attached hydrogen (secondary N) is 2. The molecule has 0 unspecified atom stereocenters. The lowest BCUT2D eigenvalue weighted by Gasteiger charge is -2.28. The number of aryl methyl sites for hydroxylation is 1. The van der Waals surface area contributed by atoms with Crippen molar-refractivity contribution in [1.82, 2.24) is 4.72 Å². The molecule has 0 bridgehead atoms. The van der Waals surface area contributed by atoms with E-state index in [1.165, 1.54) is 6.07 Å². The Morgan fingerprint density at radius 3 is 2.46 bits per heavy atom. The maximum absolute atomic E-state index is 12.6. The molecule has 1 fully saturated rings. The molecule has 2 N–H and O–H groups in total. The molecule has 7 nitrogen and oxygen atoms in total. The fourth-order valence-corrected chi connectivity index (χ4v) is 4.49. The van der Waals surface area contributed by atoms with E-state index in [9.17, 15) is 18.0 Å². The van der Waals surface area contributed by atoms with Gasteiger partial charge in [-0.3, -0.25) is 4.79 Å². The summed E-state index contributed by atoms with van der Waals surface area (Å²) in [6, 6.07) is 6.49. The first-order valence-electron chi connectivity index (χ1n) is 9.52. The monoisotopic (exact) mass is 406 g/mol. The Balaban J connectivity index is 1.63. The van der Waals surface area contributed by atoms with Gasteiger partial charge in [0.15, 0.2) is 0 Å². The van der Waals surface area contributed by atoms with Crippen LogP contribution < -0.4 is 15.7 Å². The SMILES string of the molecule is Cc1cc(NC(=O)C2CCC(NS(=O)(=O)C(C)C)CC2)cc2ccc(=O)oc12. The van der Waals surface area contributed by atoms with Crippen LogP contribution in [0.3, 0.4) is 0 Å². The van der Waals surface area contributed by atoms with Crippen LogP contribution in [-0.4, -0.2) is 25.6 Å². The maximum atomic E-state index is 12.6. The van der Waals surface area contributed by atoms with Gasteiger partial charge < -0.3 is 9.73 Å². The van der Waals surface area contributed by atoms with Gasteiger partial charge in [0.25, 0.3) is 0 Å². The Bertz CT molecular complexity index is 1030. The molecule has 1 saturated carbocycles. The first-order valence-corrected chi connectivity index (χ1v) is 11.1. The molecule has 1 aliphatic carbocycles. The minimum absolute atomic E-state index is 0.0682. The summed E-state index contributed by atoms with van der Waals surface area (Å²) in [5, 5.41) is 3.23. The van der Waals surface area contributed by atoms with Gasteiger partial charge in [0.2, 0.25) is 15.9 Å². The fourth-order valence-electron chi connectivity index (χ4n) is 3.52. The smallest absolute Gasteiger partial charge is 0.336 e. The zero-order chi connectivity index (χ0) is 20.5. The Morgan fingerprint density at radius 1 is 1.14 bits per heavy atom. The number of fused-ring (bicyclic) bond motifs is 1. The number of rotatable bonds is 5. The van der Waals surface area contributed by atoms with E-state index in [1.807, 2.05) is 6.92 Å². The van der Waals surface area contributed by atoms with Crippen molar-refractivity contribution in [1.29, 1.82) is 0 Å². The number of hydrogen-bond acceptors (Lipinski definition) is 5. The molecule has 0 aliphatic heterocycles. The normalized spacial score (nSPS) is 20.4. The first kappa shape index (κ1) is 20.5. The lowest BCUT2D eigenvalue weighted by Crippen LogP contribution is -2.42. The fraction of sp³-hybridized carbons (Fsp3) is 0.500. The van der Waals surface area contributed by atoms with Gasteiger partial charge in [-0.15, -0.1) is 0 Å². The van der Waals surface area contributed by atoms with E-state index in [4.69, 9.17) is 4.42 Å². The van der Waals surface area contributed by atoms with Crippen molar-refractivity contribution in [2.45, 2.75) is 57.7 Å². The number of amides is 1. The third-order valence-electron chi connectivity index (χ3n) is 5.22. The molecule has 0 spiro atoms. The van der Waals surface area contributed by atoms with E-state index in [-0.39, 0.29) is 17.9 Å². The first-order chi connectivity index (χ1) is 13.2. The van der Waals surface area contributed by atoms with Crippen LogP contribution in [0.25, 0.3) is 11.0 Å². The van der Waals surface area contributed by atoms with Gasteiger partial charge in [-0.05, 0) is 70.2 Å². The second-order valence-corrected chi connectivity index (χ2v) is 9.98. The summed E-state index contributed by atoms with van der Waals surface area (Å²) in [6.07, 6.45) is 2.56. The summed E-state index contributed by atoms with van der Waals surface area (Å²) in [4.78, 5) is 24.0. The molecule has 1 aliphatic rings. The van der Waals surface area contributed by atoms with Crippen LogP contribution in [-0.2, 0) is 14.8 Å². The molecule has 8 heteroatoms. The highest BCUT2D eigenvalue weighted by molar-refractivity contribution is 7.90. The average molecular weight is 407 g/mol. The number of hydrogen-bond donors (Lipinski definition) is 2. The Hall–Kier alpha value is -2.19. The van der Waals surface area contributed by atoms with Gasteiger partial charge >= 0.3 is 5.63 Å². The molecule has 2 aromatic rings. The minimum Gasteiger partial charge on any atom is -0.422 e. The molecule has 1 aromatic carbocycles. The summed E-state index contributed by atoms with van der Waals surface area (Å²) in [5.41, 5.74) is 1.55. The molecular formula is C20H26N2O5S. The lowest BCUT2D eigenvalue weighted by molar-refractivity contribution is -0.120. The van der Waals surface area contributed by atoms with Crippen LogP contribution >= 0.6 is 0 Å². The molecule has 152 valence electrons. The van der Waals surface area contributed by atoms with Crippen LogP contribution in [0.15, 0.2) is 33.5 Å². The highest BCUT2D eigenvalue weighted by Gasteiger charge is 2.29. The molecule has 1 aromatic heterocycles. The molecular weight excluding hydrogens is 380 g/mol. The van der Waals surface area contributed by atoms with E-state index in [0.29, 0.717) is 37.0 Å². The maximum Gasteiger partial charge on any atom is 0.336 e. The third-order valence-corrected chi connectivity index (χ3v) is 7.13. The number of carbonyl (C=O) groups is 1. The summed E-state index contributed by atoms with van der Waals surface area (Å²) >= 11 is 0. The van der Waals surface area contributed by atoms with E-state index in [1.54, 1.807) is 32.0 Å². The number of benzene rings is 1. The second-order valence-electron chi connectivity index (χ2n) is 7.72. The highest BCUT2D eigenvalue weighted by Crippen LogP contribution is 2.28. The standard InChI is InChI=1S/C20H26N2O5S/c1-12(2)28(25,26)22-16-7-4-14(5-8-16)20(24)21-17-10-13(3)19-15(11-17)6-9-18(23)27-19/h6,9-12,14,16,22H,4-5,7-8H2,1-3H3,(H,21,24).